The normalized spacial score (nSPS) is 34.8. The van der Waals surface area contributed by atoms with Gasteiger partial charge in [-0.15, -0.1) is 0 Å². The standard InChI is InChI=1S/C12H23NS2/c1-10-7-11(8-15-10)13-9-12(14-2)5-3-4-6-12/h10-11,13H,3-9H2,1-2H3. The SMILES string of the molecule is CSC1(CNC2CSC(C)C2)CCCC1. The largest absolute Gasteiger partial charge is 0.312 e. The van der Waals surface area contributed by atoms with Gasteiger partial charge in [0.1, 0.15) is 0 Å². The fourth-order valence-electron chi connectivity index (χ4n) is 2.76. The minimum Gasteiger partial charge on any atom is -0.312 e. The minimum absolute atomic E-state index is 0.580. The van der Waals surface area contributed by atoms with Crippen molar-refractivity contribution < 1.29 is 0 Å². The lowest BCUT2D eigenvalue weighted by Crippen LogP contribution is -2.40. The molecule has 0 bridgehead atoms. The molecule has 1 aliphatic carbocycles. The van der Waals surface area contributed by atoms with Crippen LogP contribution in [-0.2, 0) is 0 Å². The molecule has 2 fully saturated rings. The third-order valence-corrected chi connectivity index (χ3v) is 6.63. The van der Waals surface area contributed by atoms with Crippen molar-refractivity contribution in [2.45, 2.75) is 55.1 Å². The van der Waals surface area contributed by atoms with Crippen LogP contribution in [0.5, 0.6) is 0 Å². The molecule has 1 nitrogen and oxygen atoms in total. The summed E-state index contributed by atoms with van der Waals surface area (Å²) in [5.41, 5.74) is 0. The highest BCUT2D eigenvalue weighted by molar-refractivity contribution is 8.00. The summed E-state index contributed by atoms with van der Waals surface area (Å²) >= 11 is 4.22. The first-order valence-electron chi connectivity index (χ1n) is 6.14. The van der Waals surface area contributed by atoms with E-state index in [1.807, 2.05) is 0 Å². The Morgan fingerprint density at radius 2 is 2.13 bits per heavy atom. The van der Waals surface area contributed by atoms with E-state index >= 15 is 0 Å². The first-order valence-corrected chi connectivity index (χ1v) is 8.42. The molecule has 2 aliphatic rings. The molecule has 1 saturated carbocycles. The van der Waals surface area contributed by atoms with Crippen molar-refractivity contribution in [2.75, 3.05) is 18.6 Å². The number of hydrogen-bond acceptors (Lipinski definition) is 3. The van der Waals surface area contributed by atoms with Crippen LogP contribution < -0.4 is 5.32 Å². The van der Waals surface area contributed by atoms with Crippen LogP contribution in [0.15, 0.2) is 0 Å². The Balaban J connectivity index is 1.76. The Morgan fingerprint density at radius 3 is 2.67 bits per heavy atom. The average molecular weight is 245 g/mol. The predicted octanol–water partition coefficient (Wildman–Crippen LogP) is 3.15. The number of thioether (sulfide) groups is 2. The van der Waals surface area contributed by atoms with Crippen molar-refractivity contribution in [3.05, 3.63) is 0 Å². The molecule has 0 aromatic carbocycles. The zero-order valence-corrected chi connectivity index (χ0v) is 11.6. The molecule has 15 heavy (non-hydrogen) atoms. The van der Waals surface area contributed by atoms with Crippen molar-refractivity contribution in [3.63, 3.8) is 0 Å². The summed E-state index contributed by atoms with van der Waals surface area (Å²) in [6.07, 6.45) is 9.40. The van der Waals surface area contributed by atoms with Crippen molar-refractivity contribution >= 4 is 23.5 Å². The van der Waals surface area contributed by atoms with Crippen molar-refractivity contribution in [3.8, 4) is 0 Å². The summed E-state index contributed by atoms with van der Waals surface area (Å²) in [5, 5.41) is 4.68. The van der Waals surface area contributed by atoms with E-state index in [0.29, 0.717) is 4.75 Å². The van der Waals surface area contributed by atoms with Crippen molar-refractivity contribution in [1.82, 2.24) is 5.32 Å². The van der Waals surface area contributed by atoms with Gasteiger partial charge in [-0.25, -0.2) is 0 Å². The Bertz CT molecular complexity index is 202. The summed E-state index contributed by atoms with van der Waals surface area (Å²) in [5.74, 6) is 1.33. The van der Waals surface area contributed by atoms with E-state index in [4.69, 9.17) is 0 Å². The number of hydrogen-bond donors (Lipinski definition) is 1. The molecule has 0 aromatic rings. The highest BCUT2D eigenvalue weighted by Gasteiger charge is 2.34. The van der Waals surface area contributed by atoms with Crippen LogP contribution >= 0.6 is 23.5 Å². The maximum absolute atomic E-state index is 3.80. The lowest BCUT2D eigenvalue weighted by Gasteiger charge is -2.28. The molecule has 1 saturated heterocycles. The second-order valence-electron chi connectivity index (χ2n) is 5.05. The van der Waals surface area contributed by atoms with Crippen molar-refractivity contribution in [2.24, 2.45) is 0 Å². The topological polar surface area (TPSA) is 12.0 Å². The van der Waals surface area contributed by atoms with Gasteiger partial charge in [-0.05, 0) is 25.5 Å². The van der Waals surface area contributed by atoms with Crippen LogP contribution in [0.3, 0.4) is 0 Å². The molecule has 2 unspecified atom stereocenters. The van der Waals surface area contributed by atoms with Gasteiger partial charge >= 0.3 is 0 Å². The van der Waals surface area contributed by atoms with E-state index in [2.05, 4.69) is 42.0 Å². The fraction of sp³-hybridized carbons (Fsp3) is 1.00. The molecule has 0 aromatic heterocycles. The summed E-state index contributed by atoms with van der Waals surface area (Å²) in [7, 11) is 0. The van der Waals surface area contributed by atoms with Gasteiger partial charge < -0.3 is 5.32 Å². The van der Waals surface area contributed by atoms with Gasteiger partial charge in [-0.3, -0.25) is 0 Å². The third kappa shape index (κ3) is 3.07. The maximum Gasteiger partial charge on any atom is 0.0281 e. The summed E-state index contributed by atoms with van der Waals surface area (Å²) < 4.78 is 0.580. The maximum atomic E-state index is 3.80. The molecule has 3 heteroatoms. The molecule has 2 atom stereocenters. The zero-order chi connectivity index (χ0) is 10.7. The van der Waals surface area contributed by atoms with E-state index in [1.54, 1.807) is 0 Å². The third-order valence-electron chi connectivity index (χ3n) is 3.86. The Hall–Kier alpha value is 0.660. The van der Waals surface area contributed by atoms with Gasteiger partial charge in [-0.2, -0.15) is 23.5 Å². The lowest BCUT2D eigenvalue weighted by atomic mass is 10.1. The molecule has 2 rings (SSSR count). The van der Waals surface area contributed by atoms with E-state index in [9.17, 15) is 0 Å². The van der Waals surface area contributed by atoms with E-state index in [-0.39, 0.29) is 0 Å². The minimum atomic E-state index is 0.580. The van der Waals surface area contributed by atoms with E-state index in [0.717, 1.165) is 11.3 Å². The van der Waals surface area contributed by atoms with Crippen LogP contribution in [0, 0.1) is 0 Å². The van der Waals surface area contributed by atoms with E-state index in [1.165, 1.54) is 44.4 Å². The number of nitrogens with one attached hydrogen (secondary N) is 1. The Kier molecular flexibility index (Phi) is 4.31. The molecule has 0 spiro atoms. The highest BCUT2D eigenvalue weighted by Crippen LogP contribution is 2.40. The van der Waals surface area contributed by atoms with Gasteiger partial charge in [0.25, 0.3) is 0 Å². The van der Waals surface area contributed by atoms with Gasteiger partial charge in [0.05, 0.1) is 0 Å². The van der Waals surface area contributed by atoms with Gasteiger partial charge in [-0.1, -0.05) is 19.8 Å². The molecule has 1 heterocycles. The van der Waals surface area contributed by atoms with Crippen LogP contribution in [0.4, 0.5) is 0 Å². The second kappa shape index (κ2) is 5.33. The molecule has 0 amide bonds. The zero-order valence-electron chi connectivity index (χ0n) is 9.92. The fourth-order valence-corrected chi connectivity index (χ4v) is 4.87. The van der Waals surface area contributed by atoms with Crippen LogP contribution in [0.2, 0.25) is 0 Å². The lowest BCUT2D eigenvalue weighted by molar-refractivity contribution is 0.472. The molecule has 0 radical (unpaired) electrons. The molecular weight excluding hydrogens is 222 g/mol. The average Bonchev–Trinajstić information content (AvgIpc) is 2.85. The van der Waals surface area contributed by atoms with Crippen LogP contribution in [0.1, 0.15) is 39.0 Å². The molecule has 88 valence electrons. The van der Waals surface area contributed by atoms with E-state index < -0.39 is 0 Å². The van der Waals surface area contributed by atoms with Gasteiger partial charge in [0.15, 0.2) is 0 Å². The monoisotopic (exact) mass is 245 g/mol. The Morgan fingerprint density at radius 1 is 1.40 bits per heavy atom. The summed E-state index contributed by atoms with van der Waals surface area (Å²) in [4.78, 5) is 0. The first kappa shape index (κ1) is 12.1. The molecule has 1 N–H and O–H groups in total. The van der Waals surface area contributed by atoms with Crippen molar-refractivity contribution in [1.29, 1.82) is 0 Å². The summed E-state index contributed by atoms with van der Waals surface area (Å²) in [6, 6.07) is 0.787. The quantitative estimate of drug-likeness (QED) is 0.817. The second-order valence-corrected chi connectivity index (χ2v) is 7.80. The molecular formula is C12H23NS2. The van der Waals surface area contributed by atoms with Gasteiger partial charge in [0.2, 0.25) is 0 Å². The predicted molar refractivity (Wildman–Crippen MR) is 73.0 cm³/mol. The number of rotatable bonds is 4. The Labute approximate surface area is 103 Å². The first-order chi connectivity index (χ1) is 7.24. The smallest absolute Gasteiger partial charge is 0.0281 e. The van der Waals surface area contributed by atoms with Crippen LogP contribution in [0.25, 0.3) is 0 Å². The highest BCUT2D eigenvalue weighted by atomic mass is 32.2. The summed E-state index contributed by atoms with van der Waals surface area (Å²) in [6.45, 7) is 3.60. The van der Waals surface area contributed by atoms with Crippen LogP contribution in [-0.4, -0.2) is 34.6 Å². The molecule has 1 aliphatic heterocycles. The van der Waals surface area contributed by atoms with Gasteiger partial charge in [0, 0.05) is 28.3 Å².